The summed E-state index contributed by atoms with van der Waals surface area (Å²) in [6.45, 7) is 8.71. The maximum absolute atomic E-state index is 12.8. The van der Waals surface area contributed by atoms with Crippen molar-refractivity contribution in [3.05, 3.63) is 64.2 Å². The van der Waals surface area contributed by atoms with E-state index in [1.807, 2.05) is 18.2 Å². The summed E-state index contributed by atoms with van der Waals surface area (Å²) in [5.41, 5.74) is 5.72. The molecule has 0 aromatic heterocycles. The first-order valence-corrected chi connectivity index (χ1v) is 10.2. The molecule has 0 bridgehead atoms. The van der Waals surface area contributed by atoms with Gasteiger partial charge in [0.1, 0.15) is 0 Å². The monoisotopic (exact) mass is 373 g/mol. The highest BCUT2D eigenvalue weighted by Crippen LogP contribution is 2.43. The van der Waals surface area contributed by atoms with E-state index in [9.17, 15) is 10.1 Å². The lowest BCUT2D eigenvalue weighted by atomic mass is 9.81. The highest BCUT2D eigenvalue weighted by molar-refractivity contribution is 6.04. The second-order valence-electron chi connectivity index (χ2n) is 8.51. The molecule has 1 saturated heterocycles. The van der Waals surface area contributed by atoms with Crippen LogP contribution in [0.25, 0.3) is 0 Å². The van der Waals surface area contributed by atoms with E-state index in [4.69, 9.17) is 0 Å². The van der Waals surface area contributed by atoms with Crippen molar-refractivity contribution >= 4 is 11.6 Å². The van der Waals surface area contributed by atoms with Crippen LogP contribution in [0, 0.1) is 11.3 Å². The highest BCUT2D eigenvalue weighted by atomic mass is 16.1. The number of carbonyl (C=O) groups is 1. The van der Waals surface area contributed by atoms with Crippen molar-refractivity contribution in [1.29, 1.82) is 5.26 Å². The third kappa shape index (κ3) is 3.10. The van der Waals surface area contributed by atoms with Crippen molar-refractivity contribution in [2.45, 2.75) is 51.5 Å². The lowest BCUT2D eigenvalue weighted by Gasteiger charge is -2.41. The predicted molar refractivity (Wildman–Crippen MR) is 112 cm³/mol. The summed E-state index contributed by atoms with van der Waals surface area (Å²) in [5.74, 6) is 0.0819. The van der Waals surface area contributed by atoms with Gasteiger partial charge in [-0.1, -0.05) is 26.0 Å². The number of benzene rings is 2. The zero-order valence-electron chi connectivity index (χ0n) is 16.9. The summed E-state index contributed by atoms with van der Waals surface area (Å²) >= 11 is 0. The van der Waals surface area contributed by atoms with Gasteiger partial charge >= 0.3 is 0 Å². The van der Waals surface area contributed by atoms with Crippen LogP contribution in [0.4, 0.5) is 5.69 Å². The van der Waals surface area contributed by atoms with Crippen LogP contribution in [0.2, 0.25) is 0 Å². The lowest BCUT2D eigenvalue weighted by molar-refractivity contribution is 0.102. The number of nitriles is 1. The molecule has 0 saturated carbocycles. The zero-order valence-corrected chi connectivity index (χ0v) is 16.9. The van der Waals surface area contributed by atoms with Crippen LogP contribution >= 0.6 is 0 Å². The molecule has 2 aromatic carbocycles. The first-order valence-electron chi connectivity index (χ1n) is 10.2. The molecule has 1 amide bonds. The number of hydrogen-bond donors (Lipinski definition) is 1. The summed E-state index contributed by atoms with van der Waals surface area (Å²) in [6, 6.07) is 13.9. The minimum atomic E-state index is -0.170. The number of nitrogens with zero attached hydrogens (tertiary/aromatic N) is 2. The van der Waals surface area contributed by atoms with Crippen LogP contribution in [0.3, 0.4) is 0 Å². The lowest BCUT2D eigenvalue weighted by Crippen LogP contribution is -2.44. The molecule has 0 radical (unpaired) electrons. The van der Waals surface area contributed by atoms with Gasteiger partial charge in [-0.3, -0.25) is 9.69 Å². The van der Waals surface area contributed by atoms with Gasteiger partial charge < -0.3 is 5.32 Å². The molecule has 4 heteroatoms. The summed E-state index contributed by atoms with van der Waals surface area (Å²) in [6.07, 6.45) is 3.46. The Morgan fingerprint density at radius 1 is 1.21 bits per heavy atom. The SMILES string of the molecule is CC(C)c1ccc(C(=O)Nc2ccc3c(c2)C2(C)CCCN2CC3)cc1C#N. The first-order chi connectivity index (χ1) is 13.4. The standard InChI is InChI=1S/C24H27N3O/c1-16(2)21-8-6-18(13-19(21)15-25)23(28)26-20-7-5-17-9-12-27-11-4-10-24(27,3)22(17)14-20/h5-8,13-14,16H,4,9-12H2,1-3H3,(H,26,28). The van der Waals surface area contributed by atoms with Gasteiger partial charge in [-0.05, 0) is 79.6 Å². The number of fused-ring (bicyclic) bond motifs is 3. The molecule has 1 atom stereocenters. The van der Waals surface area contributed by atoms with Crippen LogP contribution in [0.15, 0.2) is 36.4 Å². The third-order valence-corrected chi connectivity index (χ3v) is 6.45. The molecule has 1 N–H and O–H groups in total. The van der Waals surface area contributed by atoms with Crippen LogP contribution in [0.1, 0.15) is 72.1 Å². The van der Waals surface area contributed by atoms with E-state index in [0.717, 1.165) is 30.8 Å². The Kier molecular flexibility index (Phi) is 4.72. The molecule has 0 spiro atoms. The van der Waals surface area contributed by atoms with Crippen molar-refractivity contribution in [2.75, 3.05) is 18.4 Å². The normalized spacial score (nSPS) is 21.1. The van der Waals surface area contributed by atoms with Gasteiger partial charge in [0.25, 0.3) is 5.91 Å². The predicted octanol–water partition coefficient (Wildman–Crippen LogP) is 4.80. The van der Waals surface area contributed by atoms with Crippen molar-refractivity contribution in [3.63, 3.8) is 0 Å². The molecule has 2 aliphatic rings. The summed E-state index contributed by atoms with van der Waals surface area (Å²) in [4.78, 5) is 15.4. The number of anilines is 1. The average molecular weight is 374 g/mol. The van der Waals surface area contributed by atoms with Gasteiger partial charge in [0, 0.05) is 23.3 Å². The molecule has 144 valence electrons. The van der Waals surface area contributed by atoms with Gasteiger partial charge in [0.15, 0.2) is 0 Å². The maximum Gasteiger partial charge on any atom is 0.255 e. The Bertz CT molecular complexity index is 972. The van der Waals surface area contributed by atoms with E-state index in [1.165, 1.54) is 24.0 Å². The molecule has 28 heavy (non-hydrogen) atoms. The second-order valence-corrected chi connectivity index (χ2v) is 8.51. The summed E-state index contributed by atoms with van der Waals surface area (Å²) in [5, 5.41) is 12.5. The average Bonchev–Trinajstić information content (AvgIpc) is 3.09. The Morgan fingerprint density at radius 3 is 2.79 bits per heavy atom. The van der Waals surface area contributed by atoms with Crippen molar-refractivity contribution in [3.8, 4) is 6.07 Å². The number of nitrogens with one attached hydrogen (secondary N) is 1. The zero-order chi connectivity index (χ0) is 19.9. The number of rotatable bonds is 3. The third-order valence-electron chi connectivity index (χ3n) is 6.45. The van der Waals surface area contributed by atoms with Crippen molar-refractivity contribution in [2.24, 2.45) is 0 Å². The fraction of sp³-hybridized carbons (Fsp3) is 0.417. The number of hydrogen-bond acceptors (Lipinski definition) is 3. The molecular weight excluding hydrogens is 346 g/mol. The quantitative estimate of drug-likeness (QED) is 0.841. The highest BCUT2D eigenvalue weighted by Gasteiger charge is 2.41. The molecule has 0 aliphatic carbocycles. The van der Waals surface area contributed by atoms with Crippen LogP contribution in [-0.2, 0) is 12.0 Å². The minimum absolute atomic E-state index is 0.0845. The first kappa shape index (κ1) is 18.7. The van der Waals surface area contributed by atoms with Crippen LogP contribution in [0.5, 0.6) is 0 Å². The van der Waals surface area contributed by atoms with E-state index < -0.39 is 0 Å². The molecule has 2 aromatic rings. The number of amides is 1. The molecule has 2 heterocycles. The topological polar surface area (TPSA) is 56.1 Å². The largest absolute Gasteiger partial charge is 0.322 e. The molecular formula is C24H27N3O. The van der Waals surface area contributed by atoms with E-state index >= 15 is 0 Å². The number of carbonyl (C=O) groups excluding carboxylic acids is 1. The summed E-state index contributed by atoms with van der Waals surface area (Å²) < 4.78 is 0. The van der Waals surface area contributed by atoms with Gasteiger partial charge in [-0.2, -0.15) is 5.26 Å². The van der Waals surface area contributed by atoms with E-state index in [-0.39, 0.29) is 17.4 Å². The Morgan fingerprint density at radius 2 is 2.04 bits per heavy atom. The molecule has 2 aliphatic heterocycles. The Labute approximate surface area is 167 Å². The molecule has 1 fully saturated rings. The van der Waals surface area contributed by atoms with Gasteiger partial charge in [0.2, 0.25) is 0 Å². The van der Waals surface area contributed by atoms with Crippen LogP contribution < -0.4 is 5.32 Å². The molecule has 1 unspecified atom stereocenters. The van der Waals surface area contributed by atoms with E-state index in [2.05, 4.69) is 49.2 Å². The maximum atomic E-state index is 12.8. The fourth-order valence-electron chi connectivity index (χ4n) is 4.81. The smallest absolute Gasteiger partial charge is 0.255 e. The Hall–Kier alpha value is -2.64. The van der Waals surface area contributed by atoms with Crippen LogP contribution in [-0.4, -0.2) is 23.9 Å². The Balaban J connectivity index is 1.60. The minimum Gasteiger partial charge on any atom is -0.322 e. The van der Waals surface area contributed by atoms with Crippen molar-refractivity contribution < 1.29 is 4.79 Å². The van der Waals surface area contributed by atoms with E-state index in [0.29, 0.717) is 11.1 Å². The van der Waals surface area contributed by atoms with Gasteiger partial charge in [-0.15, -0.1) is 0 Å². The van der Waals surface area contributed by atoms with Gasteiger partial charge in [-0.25, -0.2) is 0 Å². The van der Waals surface area contributed by atoms with Gasteiger partial charge in [0.05, 0.1) is 11.6 Å². The second kappa shape index (κ2) is 7.07. The molecule has 4 nitrogen and oxygen atoms in total. The van der Waals surface area contributed by atoms with E-state index in [1.54, 1.807) is 6.07 Å². The fourth-order valence-corrected chi connectivity index (χ4v) is 4.81. The van der Waals surface area contributed by atoms with Crippen molar-refractivity contribution in [1.82, 2.24) is 4.90 Å². The summed E-state index contributed by atoms with van der Waals surface area (Å²) in [7, 11) is 0. The molecule has 4 rings (SSSR count).